The number of urea groups is 1. The van der Waals surface area contributed by atoms with Gasteiger partial charge >= 0.3 is 6.03 Å². The second-order valence-electron chi connectivity index (χ2n) is 3.42. The summed E-state index contributed by atoms with van der Waals surface area (Å²) in [5, 5.41) is 21.6. The Morgan fingerprint density at radius 1 is 1.39 bits per heavy atom. The SMILES string of the molecule is O=C(NCC(O)CO)Nc1c(F)cc(Br)cc1F. The van der Waals surface area contributed by atoms with Gasteiger partial charge in [0.1, 0.15) is 5.69 Å². The van der Waals surface area contributed by atoms with Gasteiger partial charge in [0.2, 0.25) is 0 Å². The summed E-state index contributed by atoms with van der Waals surface area (Å²) in [4.78, 5) is 11.3. The average molecular weight is 325 g/mol. The van der Waals surface area contributed by atoms with Crippen molar-refractivity contribution in [2.45, 2.75) is 6.10 Å². The topological polar surface area (TPSA) is 81.6 Å². The number of hydrogen-bond acceptors (Lipinski definition) is 3. The highest BCUT2D eigenvalue weighted by atomic mass is 79.9. The molecule has 0 aliphatic carbocycles. The highest BCUT2D eigenvalue weighted by molar-refractivity contribution is 9.10. The van der Waals surface area contributed by atoms with Crippen molar-refractivity contribution in [2.75, 3.05) is 18.5 Å². The number of amides is 2. The van der Waals surface area contributed by atoms with Crippen LogP contribution in [0.15, 0.2) is 16.6 Å². The monoisotopic (exact) mass is 324 g/mol. The quantitative estimate of drug-likeness (QED) is 0.671. The van der Waals surface area contributed by atoms with Crippen LogP contribution in [0, 0.1) is 11.6 Å². The molecule has 1 aromatic carbocycles. The number of nitrogens with one attached hydrogen (secondary N) is 2. The third-order valence-electron chi connectivity index (χ3n) is 1.95. The smallest absolute Gasteiger partial charge is 0.319 e. The van der Waals surface area contributed by atoms with E-state index in [1.165, 1.54) is 0 Å². The second-order valence-corrected chi connectivity index (χ2v) is 4.33. The van der Waals surface area contributed by atoms with Crippen LogP contribution in [0.25, 0.3) is 0 Å². The summed E-state index contributed by atoms with van der Waals surface area (Å²) in [5.41, 5.74) is -0.589. The lowest BCUT2D eigenvalue weighted by Gasteiger charge is -2.11. The van der Waals surface area contributed by atoms with Crippen LogP contribution in [-0.4, -0.2) is 35.5 Å². The molecule has 0 heterocycles. The van der Waals surface area contributed by atoms with Gasteiger partial charge in [0.25, 0.3) is 0 Å². The first kappa shape index (κ1) is 14.8. The van der Waals surface area contributed by atoms with Gasteiger partial charge in [-0.25, -0.2) is 13.6 Å². The van der Waals surface area contributed by atoms with Crippen LogP contribution in [0.2, 0.25) is 0 Å². The van der Waals surface area contributed by atoms with Gasteiger partial charge in [-0.15, -0.1) is 0 Å². The van der Waals surface area contributed by atoms with Crippen molar-refractivity contribution in [3.05, 3.63) is 28.2 Å². The zero-order chi connectivity index (χ0) is 13.7. The van der Waals surface area contributed by atoms with Crippen LogP contribution in [0.5, 0.6) is 0 Å². The summed E-state index contributed by atoms with van der Waals surface area (Å²) in [6.45, 7) is -0.761. The van der Waals surface area contributed by atoms with Crippen LogP contribution >= 0.6 is 15.9 Å². The highest BCUT2D eigenvalue weighted by Gasteiger charge is 2.14. The van der Waals surface area contributed by atoms with Crippen molar-refractivity contribution in [3.8, 4) is 0 Å². The molecular weight excluding hydrogens is 314 g/mol. The average Bonchev–Trinajstić information content (AvgIpc) is 2.30. The third-order valence-corrected chi connectivity index (χ3v) is 2.41. The van der Waals surface area contributed by atoms with Crippen molar-refractivity contribution in [3.63, 3.8) is 0 Å². The summed E-state index contributed by atoms with van der Waals surface area (Å²) in [5.74, 6) is -1.86. The van der Waals surface area contributed by atoms with Gasteiger partial charge in [-0.1, -0.05) is 15.9 Å². The maximum absolute atomic E-state index is 13.3. The van der Waals surface area contributed by atoms with Gasteiger partial charge in [-0.2, -0.15) is 0 Å². The lowest BCUT2D eigenvalue weighted by atomic mass is 10.3. The molecule has 4 N–H and O–H groups in total. The number of hydrogen-bond donors (Lipinski definition) is 4. The van der Waals surface area contributed by atoms with Crippen LogP contribution in [0.1, 0.15) is 0 Å². The van der Waals surface area contributed by atoms with Crippen LogP contribution < -0.4 is 10.6 Å². The minimum absolute atomic E-state index is 0.208. The number of aliphatic hydroxyl groups is 2. The summed E-state index contributed by atoms with van der Waals surface area (Å²) in [7, 11) is 0. The van der Waals surface area contributed by atoms with Crippen LogP contribution in [0.4, 0.5) is 19.3 Å². The Morgan fingerprint density at radius 2 is 1.94 bits per heavy atom. The predicted molar refractivity (Wildman–Crippen MR) is 64.2 cm³/mol. The summed E-state index contributed by atoms with van der Waals surface area (Å²) in [6, 6.07) is 1.12. The molecule has 1 aromatic rings. The van der Waals surface area contributed by atoms with E-state index < -0.39 is 36.1 Å². The van der Waals surface area contributed by atoms with Crippen molar-refractivity contribution in [2.24, 2.45) is 0 Å². The molecule has 18 heavy (non-hydrogen) atoms. The minimum atomic E-state index is -1.13. The normalized spacial score (nSPS) is 12.1. The maximum Gasteiger partial charge on any atom is 0.319 e. The largest absolute Gasteiger partial charge is 0.394 e. The number of anilines is 1. The molecule has 1 unspecified atom stereocenters. The fourth-order valence-electron chi connectivity index (χ4n) is 1.09. The standard InChI is InChI=1S/C10H11BrF2N2O3/c11-5-1-7(12)9(8(13)2-5)15-10(18)14-3-6(17)4-16/h1-2,6,16-17H,3-4H2,(H2,14,15,18). The Morgan fingerprint density at radius 3 is 2.44 bits per heavy atom. The van der Waals surface area contributed by atoms with Gasteiger partial charge in [0.05, 0.1) is 12.7 Å². The molecule has 2 amide bonds. The van der Waals surface area contributed by atoms with E-state index in [4.69, 9.17) is 10.2 Å². The van der Waals surface area contributed by atoms with E-state index in [2.05, 4.69) is 21.2 Å². The zero-order valence-electron chi connectivity index (χ0n) is 9.08. The number of benzene rings is 1. The second kappa shape index (κ2) is 6.62. The summed E-state index contributed by atoms with van der Waals surface area (Å²) < 4.78 is 26.9. The van der Waals surface area contributed by atoms with Crippen LogP contribution in [-0.2, 0) is 0 Å². The van der Waals surface area contributed by atoms with E-state index in [0.717, 1.165) is 12.1 Å². The molecule has 8 heteroatoms. The molecule has 0 aliphatic rings. The molecule has 0 saturated carbocycles. The fraction of sp³-hybridized carbons (Fsp3) is 0.300. The lowest BCUT2D eigenvalue weighted by Crippen LogP contribution is -2.37. The molecule has 0 radical (unpaired) electrons. The first-order valence-corrected chi connectivity index (χ1v) is 5.71. The molecule has 1 rings (SSSR count). The fourth-order valence-corrected chi connectivity index (χ4v) is 1.50. The predicted octanol–water partition coefficient (Wildman–Crippen LogP) is 1.20. The number of carbonyl (C=O) groups is 1. The number of aliphatic hydroxyl groups excluding tert-OH is 2. The first-order valence-electron chi connectivity index (χ1n) is 4.92. The molecule has 1 atom stereocenters. The third kappa shape index (κ3) is 4.21. The lowest BCUT2D eigenvalue weighted by molar-refractivity contribution is 0.0965. The van der Waals surface area contributed by atoms with E-state index in [-0.39, 0.29) is 11.0 Å². The van der Waals surface area contributed by atoms with E-state index in [1.807, 2.05) is 5.32 Å². The van der Waals surface area contributed by atoms with Gasteiger partial charge in [0.15, 0.2) is 11.6 Å². The van der Waals surface area contributed by atoms with Crippen molar-refractivity contribution in [1.82, 2.24) is 5.32 Å². The van der Waals surface area contributed by atoms with Crippen molar-refractivity contribution >= 4 is 27.6 Å². The van der Waals surface area contributed by atoms with Gasteiger partial charge < -0.3 is 20.8 Å². The number of carbonyl (C=O) groups excluding carboxylic acids is 1. The zero-order valence-corrected chi connectivity index (χ0v) is 10.7. The Balaban J connectivity index is 2.65. The number of rotatable bonds is 4. The molecule has 5 nitrogen and oxygen atoms in total. The Labute approximate surface area is 110 Å². The highest BCUT2D eigenvalue weighted by Crippen LogP contribution is 2.23. The van der Waals surface area contributed by atoms with E-state index in [9.17, 15) is 13.6 Å². The minimum Gasteiger partial charge on any atom is -0.394 e. The van der Waals surface area contributed by atoms with Gasteiger partial charge in [0, 0.05) is 11.0 Å². The summed E-state index contributed by atoms with van der Waals surface area (Å²) >= 11 is 2.90. The van der Waals surface area contributed by atoms with E-state index >= 15 is 0 Å². The van der Waals surface area contributed by atoms with Crippen LogP contribution in [0.3, 0.4) is 0 Å². The Kier molecular flexibility index (Phi) is 5.45. The van der Waals surface area contributed by atoms with Gasteiger partial charge in [-0.05, 0) is 12.1 Å². The molecule has 0 aliphatic heterocycles. The van der Waals surface area contributed by atoms with E-state index in [0.29, 0.717) is 0 Å². The molecule has 0 saturated heterocycles. The Hall–Kier alpha value is -1.25. The summed E-state index contributed by atoms with van der Waals surface area (Å²) in [6.07, 6.45) is -1.13. The maximum atomic E-state index is 13.3. The van der Waals surface area contributed by atoms with Gasteiger partial charge in [-0.3, -0.25) is 0 Å². The van der Waals surface area contributed by atoms with Crippen molar-refractivity contribution in [1.29, 1.82) is 0 Å². The Bertz CT molecular complexity index is 422. The first-order chi connectivity index (χ1) is 8.43. The molecule has 0 fully saturated rings. The molecule has 0 spiro atoms. The van der Waals surface area contributed by atoms with Crippen molar-refractivity contribution < 1.29 is 23.8 Å². The molecular formula is C10H11BrF2N2O3. The molecule has 100 valence electrons. The van der Waals surface area contributed by atoms with E-state index in [1.54, 1.807) is 0 Å². The molecule has 0 bridgehead atoms. The number of halogens is 3. The molecule has 0 aromatic heterocycles.